The Morgan fingerprint density at radius 2 is 1.86 bits per heavy atom. The number of fused-ring (bicyclic) bond motifs is 1. The molecule has 0 spiro atoms. The van der Waals surface area contributed by atoms with E-state index >= 15 is 0 Å². The summed E-state index contributed by atoms with van der Waals surface area (Å²) in [5.74, 6) is 1.25. The summed E-state index contributed by atoms with van der Waals surface area (Å²) in [5, 5.41) is 9.51. The third kappa shape index (κ3) is 2.26. The molecule has 0 atom stereocenters. The first-order chi connectivity index (χ1) is 10.2. The number of para-hydroxylation sites is 2. The van der Waals surface area contributed by atoms with Crippen LogP contribution >= 0.6 is 0 Å². The van der Waals surface area contributed by atoms with Gasteiger partial charge in [0.1, 0.15) is 17.4 Å². The van der Waals surface area contributed by atoms with Crippen molar-refractivity contribution < 1.29 is 4.74 Å². The Hall–Kier alpha value is -3.06. The molecule has 0 aliphatic carbocycles. The van der Waals surface area contributed by atoms with Crippen LogP contribution < -0.4 is 10.2 Å². The van der Waals surface area contributed by atoms with E-state index in [0.717, 1.165) is 0 Å². The lowest BCUT2D eigenvalue weighted by Crippen LogP contribution is -2.10. The molecular formula is C17H12N2O2. The fraction of sp³-hybridized carbons (Fsp3) is 0.0588. The van der Waals surface area contributed by atoms with Gasteiger partial charge in [0, 0.05) is 5.69 Å². The number of nitriles is 1. The molecule has 0 saturated carbocycles. The molecule has 1 heterocycles. The first kappa shape index (κ1) is 12.9. The van der Waals surface area contributed by atoms with Gasteiger partial charge in [0.15, 0.2) is 5.75 Å². The number of benzene rings is 2. The number of hydrogen-bond acceptors (Lipinski definition) is 3. The first-order valence-electron chi connectivity index (χ1n) is 6.49. The molecule has 0 aliphatic heterocycles. The van der Waals surface area contributed by atoms with Gasteiger partial charge in [0.05, 0.1) is 10.9 Å². The number of hydrogen-bond donors (Lipinski definition) is 1. The number of aryl methyl sites for hydroxylation is 1. The lowest BCUT2D eigenvalue weighted by molar-refractivity contribution is 0.487. The van der Waals surface area contributed by atoms with E-state index in [-0.39, 0.29) is 11.0 Å². The Morgan fingerprint density at radius 1 is 1.10 bits per heavy atom. The average molecular weight is 276 g/mol. The van der Waals surface area contributed by atoms with Crippen molar-refractivity contribution >= 4 is 10.9 Å². The molecule has 102 valence electrons. The van der Waals surface area contributed by atoms with Crippen LogP contribution in [0, 0.1) is 18.3 Å². The van der Waals surface area contributed by atoms with E-state index in [4.69, 9.17) is 10.00 Å². The van der Waals surface area contributed by atoms with Gasteiger partial charge in [-0.3, -0.25) is 4.79 Å². The van der Waals surface area contributed by atoms with E-state index in [1.54, 1.807) is 25.1 Å². The van der Waals surface area contributed by atoms with E-state index in [1.165, 1.54) is 0 Å². The molecule has 0 fully saturated rings. The number of aromatic amines is 1. The Bertz CT molecular complexity index is 906. The molecule has 4 nitrogen and oxygen atoms in total. The maximum absolute atomic E-state index is 12.3. The minimum atomic E-state index is -0.276. The van der Waals surface area contributed by atoms with Crippen molar-refractivity contribution in [3.05, 3.63) is 70.0 Å². The van der Waals surface area contributed by atoms with E-state index in [2.05, 4.69) is 4.98 Å². The van der Waals surface area contributed by atoms with Gasteiger partial charge in [0.2, 0.25) is 5.43 Å². The summed E-state index contributed by atoms with van der Waals surface area (Å²) >= 11 is 0. The molecule has 0 saturated heterocycles. The lowest BCUT2D eigenvalue weighted by Gasteiger charge is -2.10. The highest BCUT2D eigenvalue weighted by Crippen LogP contribution is 2.27. The molecule has 0 unspecified atom stereocenters. The maximum atomic E-state index is 12.3. The van der Waals surface area contributed by atoms with Crippen LogP contribution in [0.2, 0.25) is 0 Å². The normalized spacial score (nSPS) is 10.3. The molecule has 0 aliphatic rings. The number of nitrogens with one attached hydrogen (secondary N) is 1. The molecule has 4 heteroatoms. The highest BCUT2D eigenvalue weighted by atomic mass is 16.5. The monoisotopic (exact) mass is 276 g/mol. The molecule has 0 radical (unpaired) electrons. The second-order valence-corrected chi connectivity index (χ2v) is 4.66. The molecule has 0 bridgehead atoms. The van der Waals surface area contributed by atoms with Gasteiger partial charge < -0.3 is 9.72 Å². The Morgan fingerprint density at radius 3 is 2.57 bits per heavy atom. The SMILES string of the molecule is Cc1[nH]c2c(Oc3ccccc3)cccc2c(=O)c1C#N. The van der Waals surface area contributed by atoms with Crippen molar-refractivity contribution in [2.45, 2.75) is 6.92 Å². The van der Waals surface area contributed by atoms with E-state index in [1.807, 2.05) is 36.4 Å². The molecule has 1 aromatic heterocycles. The summed E-state index contributed by atoms with van der Waals surface area (Å²) in [7, 11) is 0. The second-order valence-electron chi connectivity index (χ2n) is 4.66. The van der Waals surface area contributed by atoms with Crippen LogP contribution in [-0.4, -0.2) is 4.98 Å². The van der Waals surface area contributed by atoms with Crippen LogP contribution in [0.1, 0.15) is 11.3 Å². The fourth-order valence-corrected chi connectivity index (χ4v) is 2.24. The largest absolute Gasteiger partial charge is 0.455 e. The molecule has 1 N–H and O–H groups in total. The Kier molecular flexibility index (Phi) is 3.17. The molecule has 2 aromatic carbocycles. The topological polar surface area (TPSA) is 65.9 Å². The molecule has 3 aromatic rings. The first-order valence-corrected chi connectivity index (χ1v) is 6.49. The van der Waals surface area contributed by atoms with Crippen LogP contribution in [0.4, 0.5) is 0 Å². The number of aromatic nitrogens is 1. The third-order valence-electron chi connectivity index (χ3n) is 3.27. The van der Waals surface area contributed by atoms with E-state index < -0.39 is 0 Å². The van der Waals surface area contributed by atoms with Crippen molar-refractivity contribution in [3.8, 4) is 17.6 Å². The quantitative estimate of drug-likeness (QED) is 0.779. The average Bonchev–Trinajstić information content (AvgIpc) is 2.50. The van der Waals surface area contributed by atoms with Gasteiger partial charge in [-0.2, -0.15) is 5.26 Å². The highest BCUT2D eigenvalue weighted by molar-refractivity contribution is 5.86. The van der Waals surface area contributed by atoms with Crippen molar-refractivity contribution in [1.29, 1.82) is 5.26 Å². The Labute approximate surface area is 121 Å². The minimum absolute atomic E-state index is 0.138. The van der Waals surface area contributed by atoms with Gasteiger partial charge in [-0.25, -0.2) is 0 Å². The summed E-state index contributed by atoms with van der Waals surface area (Å²) in [5.41, 5.74) is 1.00. The predicted octanol–water partition coefficient (Wildman–Crippen LogP) is 3.50. The zero-order valence-corrected chi connectivity index (χ0v) is 11.4. The summed E-state index contributed by atoms with van der Waals surface area (Å²) in [6, 6.07) is 16.5. The molecule has 3 rings (SSSR count). The van der Waals surface area contributed by atoms with Crippen LogP contribution in [0.15, 0.2) is 53.3 Å². The van der Waals surface area contributed by atoms with Gasteiger partial charge in [-0.1, -0.05) is 24.3 Å². The lowest BCUT2D eigenvalue weighted by atomic mass is 10.1. The predicted molar refractivity (Wildman–Crippen MR) is 80.5 cm³/mol. The summed E-state index contributed by atoms with van der Waals surface area (Å²) in [6.07, 6.45) is 0. The van der Waals surface area contributed by atoms with Crippen LogP contribution in [-0.2, 0) is 0 Å². The van der Waals surface area contributed by atoms with Crippen molar-refractivity contribution in [2.24, 2.45) is 0 Å². The minimum Gasteiger partial charge on any atom is -0.455 e. The summed E-state index contributed by atoms with van der Waals surface area (Å²) < 4.78 is 5.82. The highest BCUT2D eigenvalue weighted by Gasteiger charge is 2.12. The summed E-state index contributed by atoms with van der Waals surface area (Å²) in [4.78, 5) is 15.4. The maximum Gasteiger partial charge on any atom is 0.207 e. The molecule has 0 amide bonds. The third-order valence-corrected chi connectivity index (χ3v) is 3.27. The van der Waals surface area contributed by atoms with Crippen LogP contribution in [0.3, 0.4) is 0 Å². The number of nitrogens with zero attached hydrogens (tertiary/aromatic N) is 1. The summed E-state index contributed by atoms with van der Waals surface area (Å²) in [6.45, 7) is 1.71. The Balaban J connectivity index is 2.22. The van der Waals surface area contributed by atoms with Crippen molar-refractivity contribution in [2.75, 3.05) is 0 Å². The van der Waals surface area contributed by atoms with Crippen LogP contribution in [0.25, 0.3) is 10.9 Å². The zero-order valence-electron chi connectivity index (χ0n) is 11.4. The second kappa shape index (κ2) is 5.14. The number of H-pyrrole nitrogens is 1. The van der Waals surface area contributed by atoms with Gasteiger partial charge in [-0.15, -0.1) is 0 Å². The van der Waals surface area contributed by atoms with Crippen molar-refractivity contribution in [3.63, 3.8) is 0 Å². The number of pyridine rings is 1. The van der Waals surface area contributed by atoms with Crippen molar-refractivity contribution in [1.82, 2.24) is 4.98 Å². The van der Waals surface area contributed by atoms with Gasteiger partial charge >= 0.3 is 0 Å². The van der Waals surface area contributed by atoms with Gasteiger partial charge in [-0.05, 0) is 31.2 Å². The molecular weight excluding hydrogens is 264 g/mol. The molecule has 21 heavy (non-hydrogen) atoms. The zero-order chi connectivity index (χ0) is 14.8. The smallest absolute Gasteiger partial charge is 0.207 e. The van der Waals surface area contributed by atoms with Gasteiger partial charge in [0.25, 0.3) is 0 Å². The number of ether oxygens (including phenoxy) is 1. The van der Waals surface area contributed by atoms with Crippen LogP contribution in [0.5, 0.6) is 11.5 Å². The number of rotatable bonds is 2. The van der Waals surface area contributed by atoms with E-state index in [0.29, 0.717) is 28.1 Å². The standard InChI is InChI=1S/C17H12N2O2/c1-11-14(10-18)17(20)13-8-5-9-15(16(13)19-11)21-12-6-3-2-4-7-12/h2-9H,1H3,(H,19,20). The van der Waals surface area contributed by atoms with E-state index in [9.17, 15) is 4.79 Å². The fourth-order valence-electron chi connectivity index (χ4n) is 2.24.